The van der Waals surface area contributed by atoms with E-state index in [1.807, 2.05) is 0 Å². The fourth-order valence-corrected chi connectivity index (χ4v) is 2.99. The van der Waals surface area contributed by atoms with Crippen molar-refractivity contribution >= 4 is 5.91 Å². The third-order valence-corrected chi connectivity index (χ3v) is 4.79. The van der Waals surface area contributed by atoms with Gasteiger partial charge in [0.05, 0.1) is 5.92 Å². The first-order chi connectivity index (χ1) is 8.38. The Kier molecular flexibility index (Phi) is 4.00. The Bertz CT molecular complexity index is 294. The number of carbonyl (C=O) groups is 1. The predicted octanol–water partition coefficient (Wildman–Crippen LogP) is 2.41. The van der Waals surface area contributed by atoms with Gasteiger partial charge < -0.3 is 5.32 Å². The fourth-order valence-electron chi connectivity index (χ4n) is 2.99. The van der Waals surface area contributed by atoms with Crippen molar-refractivity contribution in [1.82, 2.24) is 10.2 Å². The largest absolute Gasteiger partial charge is 0.353 e. The zero-order valence-electron chi connectivity index (χ0n) is 12.3. The van der Waals surface area contributed by atoms with Crippen LogP contribution in [0.2, 0.25) is 0 Å². The first-order valence-electron chi connectivity index (χ1n) is 7.42. The summed E-state index contributed by atoms with van der Waals surface area (Å²) in [5, 5.41) is 3.21. The Hall–Kier alpha value is -0.570. The van der Waals surface area contributed by atoms with E-state index in [9.17, 15) is 4.79 Å². The predicted molar refractivity (Wildman–Crippen MR) is 74.4 cm³/mol. The molecule has 0 unspecified atom stereocenters. The lowest BCUT2D eigenvalue weighted by atomic mass is 9.87. The van der Waals surface area contributed by atoms with Crippen LogP contribution in [-0.4, -0.2) is 36.0 Å². The van der Waals surface area contributed by atoms with Crippen molar-refractivity contribution in [2.75, 3.05) is 13.1 Å². The van der Waals surface area contributed by atoms with E-state index in [4.69, 9.17) is 0 Å². The molecule has 2 fully saturated rings. The maximum atomic E-state index is 12.3. The molecule has 0 aromatic heterocycles. The topological polar surface area (TPSA) is 32.3 Å². The van der Waals surface area contributed by atoms with Crippen LogP contribution in [0.4, 0.5) is 0 Å². The SMILES string of the molecule is C[C@H](NC(=O)[C@H]1C[C@H]2CCCCN2C1)C(C)(C)C. The van der Waals surface area contributed by atoms with Gasteiger partial charge in [0, 0.05) is 18.6 Å². The van der Waals surface area contributed by atoms with Crippen LogP contribution in [0.3, 0.4) is 0 Å². The third kappa shape index (κ3) is 3.05. The van der Waals surface area contributed by atoms with Crippen molar-refractivity contribution in [2.24, 2.45) is 11.3 Å². The zero-order chi connectivity index (χ0) is 13.3. The number of hydrogen-bond acceptors (Lipinski definition) is 2. The molecule has 3 heteroatoms. The van der Waals surface area contributed by atoms with Gasteiger partial charge in [-0.3, -0.25) is 9.69 Å². The molecule has 0 aliphatic carbocycles. The molecule has 0 aromatic carbocycles. The molecule has 1 N–H and O–H groups in total. The maximum absolute atomic E-state index is 12.3. The van der Waals surface area contributed by atoms with Crippen molar-refractivity contribution in [3.63, 3.8) is 0 Å². The quantitative estimate of drug-likeness (QED) is 0.818. The summed E-state index contributed by atoms with van der Waals surface area (Å²) in [7, 11) is 0. The minimum Gasteiger partial charge on any atom is -0.353 e. The van der Waals surface area contributed by atoms with Gasteiger partial charge in [0.2, 0.25) is 5.91 Å². The Morgan fingerprint density at radius 1 is 1.33 bits per heavy atom. The number of fused-ring (bicyclic) bond motifs is 1. The van der Waals surface area contributed by atoms with Crippen LogP contribution in [0.25, 0.3) is 0 Å². The third-order valence-electron chi connectivity index (χ3n) is 4.79. The smallest absolute Gasteiger partial charge is 0.224 e. The number of carbonyl (C=O) groups excluding carboxylic acids is 1. The highest BCUT2D eigenvalue weighted by Gasteiger charge is 2.37. The van der Waals surface area contributed by atoms with E-state index in [-0.39, 0.29) is 23.3 Å². The van der Waals surface area contributed by atoms with Gasteiger partial charge in [-0.1, -0.05) is 27.2 Å². The van der Waals surface area contributed by atoms with Gasteiger partial charge in [-0.05, 0) is 38.1 Å². The lowest BCUT2D eigenvalue weighted by Crippen LogP contribution is -2.44. The molecule has 0 saturated carbocycles. The molecule has 0 spiro atoms. The first-order valence-corrected chi connectivity index (χ1v) is 7.42. The molecule has 2 aliphatic heterocycles. The van der Waals surface area contributed by atoms with Crippen molar-refractivity contribution in [3.8, 4) is 0 Å². The molecule has 3 atom stereocenters. The minimum absolute atomic E-state index is 0.140. The van der Waals surface area contributed by atoms with Crippen molar-refractivity contribution in [3.05, 3.63) is 0 Å². The molecule has 0 bridgehead atoms. The van der Waals surface area contributed by atoms with Crippen LogP contribution in [0.5, 0.6) is 0 Å². The highest BCUT2D eigenvalue weighted by atomic mass is 16.2. The molecule has 2 aliphatic rings. The number of rotatable bonds is 2. The molecule has 0 aromatic rings. The van der Waals surface area contributed by atoms with Crippen LogP contribution in [0, 0.1) is 11.3 Å². The van der Waals surface area contributed by atoms with E-state index < -0.39 is 0 Å². The van der Waals surface area contributed by atoms with Crippen molar-refractivity contribution < 1.29 is 4.79 Å². The average molecular weight is 252 g/mol. The van der Waals surface area contributed by atoms with E-state index >= 15 is 0 Å². The minimum atomic E-state index is 0.140. The molecular formula is C15H28N2O. The Balaban J connectivity index is 1.87. The first kappa shape index (κ1) is 13.9. The molecule has 0 radical (unpaired) electrons. The summed E-state index contributed by atoms with van der Waals surface area (Å²) < 4.78 is 0. The normalized spacial score (nSPS) is 30.9. The highest BCUT2D eigenvalue weighted by Crippen LogP contribution is 2.31. The van der Waals surface area contributed by atoms with E-state index in [1.54, 1.807) is 0 Å². The number of piperidine rings is 1. The van der Waals surface area contributed by atoms with Gasteiger partial charge >= 0.3 is 0 Å². The van der Waals surface area contributed by atoms with Gasteiger partial charge in [-0.2, -0.15) is 0 Å². The average Bonchev–Trinajstić information content (AvgIpc) is 2.71. The maximum Gasteiger partial charge on any atom is 0.224 e. The summed E-state index contributed by atoms with van der Waals surface area (Å²) in [4.78, 5) is 14.8. The Labute approximate surface area is 111 Å². The molecular weight excluding hydrogens is 224 g/mol. The van der Waals surface area contributed by atoms with Crippen LogP contribution in [0.1, 0.15) is 53.4 Å². The summed E-state index contributed by atoms with van der Waals surface area (Å²) in [6.45, 7) is 10.8. The lowest BCUT2D eigenvalue weighted by Gasteiger charge is -2.29. The monoisotopic (exact) mass is 252 g/mol. The van der Waals surface area contributed by atoms with Gasteiger partial charge in [-0.15, -0.1) is 0 Å². The van der Waals surface area contributed by atoms with Gasteiger partial charge in [0.1, 0.15) is 0 Å². The second kappa shape index (κ2) is 5.20. The molecule has 1 amide bonds. The molecule has 2 rings (SSSR count). The van der Waals surface area contributed by atoms with Gasteiger partial charge in [-0.25, -0.2) is 0 Å². The van der Waals surface area contributed by atoms with Crippen LogP contribution >= 0.6 is 0 Å². The summed E-state index contributed by atoms with van der Waals surface area (Å²) in [5.41, 5.74) is 0.140. The van der Waals surface area contributed by atoms with Gasteiger partial charge in [0.15, 0.2) is 0 Å². The highest BCUT2D eigenvalue weighted by molar-refractivity contribution is 5.79. The van der Waals surface area contributed by atoms with Crippen molar-refractivity contribution in [2.45, 2.75) is 65.5 Å². The molecule has 3 nitrogen and oxygen atoms in total. The van der Waals surface area contributed by atoms with Crippen molar-refractivity contribution in [1.29, 1.82) is 0 Å². The lowest BCUT2D eigenvalue weighted by molar-refractivity contribution is -0.126. The molecule has 18 heavy (non-hydrogen) atoms. The Morgan fingerprint density at radius 3 is 2.67 bits per heavy atom. The summed E-state index contributed by atoms with van der Waals surface area (Å²) in [6.07, 6.45) is 5.01. The second-order valence-electron chi connectivity index (χ2n) is 7.17. The van der Waals surface area contributed by atoms with E-state index in [0.29, 0.717) is 6.04 Å². The van der Waals surface area contributed by atoms with Crippen LogP contribution in [-0.2, 0) is 4.79 Å². The van der Waals surface area contributed by atoms with Gasteiger partial charge in [0.25, 0.3) is 0 Å². The Morgan fingerprint density at radius 2 is 2.06 bits per heavy atom. The van der Waals surface area contributed by atoms with Crippen LogP contribution < -0.4 is 5.32 Å². The standard InChI is InChI=1S/C15H28N2O/c1-11(15(2,3)4)16-14(18)12-9-13-7-5-6-8-17(13)10-12/h11-13H,5-10H2,1-4H3,(H,16,18)/t11-,12-,13+/m0/s1. The number of nitrogens with zero attached hydrogens (tertiary/aromatic N) is 1. The number of hydrogen-bond donors (Lipinski definition) is 1. The van der Waals surface area contributed by atoms with E-state index in [1.165, 1.54) is 25.8 Å². The molecule has 104 valence electrons. The summed E-state index contributed by atoms with van der Waals surface area (Å²) >= 11 is 0. The second-order valence-corrected chi connectivity index (χ2v) is 7.17. The van der Waals surface area contributed by atoms with E-state index in [0.717, 1.165) is 13.0 Å². The molecule has 2 saturated heterocycles. The van der Waals surface area contributed by atoms with E-state index in [2.05, 4.69) is 37.9 Å². The fraction of sp³-hybridized carbons (Fsp3) is 0.933. The molecule has 2 heterocycles. The summed E-state index contributed by atoms with van der Waals surface area (Å²) in [5.74, 6) is 0.490. The summed E-state index contributed by atoms with van der Waals surface area (Å²) in [6, 6.07) is 0.919. The number of nitrogens with one attached hydrogen (secondary N) is 1. The zero-order valence-corrected chi connectivity index (χ0v) is 12.3. The van der Waals surface area contributed by atoms with Crippen LogP contribution in [0.15, 0.2) is 0 Å². The number of amides is 1.